The zero-order valence-electron chi connectivity index (χ0n) is 9.51. The molecule has 0 spiro atoms. The van der Waals surface area contributed by atoms with Gasteiger partial charge in [0.25, 0.3) is 11.3 Å². The van der Waals surface area contributed by atoms with E-state index in [9.17, 15) is 18.9 Å². The summed E-state index contributed by atoms with van der Waals surface area (Å²) in [6.07, 6.45) is -0.750. The molecule has 2 rings (SSSR count). The van der Waals surface area contributed by atoms with Gasteiger partial charge in [0.05, 0.1) is 4.92 Å². The molecule has 100 valence electrons. The molecule has 0 fully saturated rings. The number of nitro groups is 1. The molecule has 1 aromatic heterocycles. The molecule has 0 saturated carbocycles. The predicted octanol–water partition coefficient (Wildman–Crippen LogP) is 4.00. The van der Waals surface area contributed by atoms with Gasteiger partial charge in [-0.05, 0) is 18.6 Å². The molecule has 0 radical (unpaired) electrons. The number of non-ortho nitro benzene ring substituents is 1. The van der Waals surface area contributed by atoms with Gasteiger partial charge in [0.15, 0.2) is 0 Å². The maximum atomic E-state index is 11.8. The number of nitrogens with zero attached hydrogens (tertiary/aromatic N) is 2. The van der Waals surface area contributed by atoms with Crippen LogP contribution in [0.25, 0.3) is 11.1 Å². The fourth-order valence-corrected chi connectivity index (χ4v) is 2.15. The Hall–Kier alpha value is -1.96. The molecule has 5 nitrogen and oxygen atoms in total. The van der Waals surface area contributed by atoms with Gasteiger partial charge in [-0.1, -0.05) is 17.8 Å². The van der Waals surface area contributed by atoms with Gasteiger partial charge in [0, 0.05) is 11.8 Å². The third-order valence-corrected chi connectivity index (χ3v) is 3.07. The smallest absolute Gasteiger partial charge is 0.313 e. The molecular formula is C11H8F2N2O3S. The standard InChI is InChI=1S/C11H8F2N2O3S/c12-9(13)5-2-6-19-11-14-7-3-1-4-8(15(16)17)10(7)18-11/h1,3-5H,2,6H2. The highest BCUT2D eigenvalue weighted by Gasteiger charge is 2.17. The molecule has 1 heterocycles. The van der Waals surface area contributed by atoms with E-state index < -0.39 is 11.0 Å². The lowest BCUT2D eigenvalue weighted by Crippen LogP contribution is -1.87. The lowest BCUT2D eigenvalue weighted by molar-refractivity contribution is -0.383. The van der Waals surface area contributed by atoms with Crippen molar-refractivity contribution in [2.45, 2.75) is 11.6 Å². The fraction of sp³-hybridized carbons (Fsp3) is 0.182. The number of thioether (sulfide) groups is 1. The first-order valence-corrected chi connectivity index (χ1v) is 6.24. The SMILES string of the molecule is O=[N+]([O-])c1cccc2nc(SCCC=C(F)F)oc12. The van der Waals surface area contributed by atoms with Crippen LogP contribution in [0.2, 0.25) is 0 Å². The first-order valence-electron chi connectivity index (χ1n) is 5.26. The van der Waals surface area contributed by atoms with Crippen LogP contribution >= 0.6 is 11.8 Å². The zero-order valence-corrected chi connectivity index (χ0v) is 10.3. The van der Waals surface area contributed by atoms with Crippen LogP contribution in [-0.2, 0) is 0 Å². The van der Waals surface area contributed by atoms with Crippen molar-refractivity contribution in [3.8, 4) is 0 Å². The molecule has 0 aliphatic carbocycles. The highest BCUT2D eigenvalue weighted by Crippen LogP contribution is 2.30. The summed E-state index contributed by atoms with van der Waals surface area (Å²) in [5.74, 6) is 0.359. The average Bonchev–Trinajstić information content (AvgIpc) is 2.76. The first-order chi connectivity index (χ1) is 9.08. The van der Waals surface area contributed by atoms with Crippen LogP contribution in [0.1, 0.15) is 6.42 Å². The molecule has 2 aromatic rings. The second-order valence-corrected chi connectivity index (χ2v) is 4.54. The zero-order chi connectivity index (χ0) is 13.8. The Morgan fingerprint density at radius 1 is 1.53 bits per heavy atom. The van der Waals surface area contributed by atoms with Crippen LogP contribution in [0, 0.1) is 10.1 Å². The molecule has 1 aromatic carbocycles. The number of nitro benzene ring substituents is 1. The number of oxazole rings is 1. The quantitative estimate of drug-likeness (QED) is 0.359. The van der Waals surface area contributed by atoms with E-state index in [2.05, 4.69) is 4.98 Å². The summed E-state index contributed by atoms with van der Waals surface area (Å²) in [4.78, 5) is 14.3. The van der Waals surface area contributed by atoms with Crippen LogP contribution in [0.4, 0.5) is 14.5 Å². The molecule has 0 aliphatic rings. The van der Waals surface area contributed by atoms with Gasteiger partial charge in [-0.15, -0.1) is 0 Å². The summed E-state index contributed by atoms with van der Waals surface area (Å²) in [6, 6.07) is 4.43. The fourth-order valence-electron chi connectivity index (χ4n) is 1.43. The van der Waals surface area contributed by atoms with Crippen LogP contribution in [-0.4, -0.2) is 15.7 Å². The van der Waals surface area contributed by atoms with Gasteiger partial charge < -0.3 is 4.42 Å². The Morgan fingerprint density at radius 3 is 3.00 bits per heavy atom. The number of para-hydroxylation sites is 1. The van der Waals surface area contributed by atoms with Gasteiger partial charge in [-0.2, -0.15) is 8.78 Å². The second-order valence-electron chi connectivity index (χ2n) is 3.49. The monoisotopic (exact) mass is 286 g/mol. The normalized spacial score (nSPS) is 10.6. The number of hydrogen-bond acceptors (Lipinski definition) is 5. The van der Waals surface area contributed by atoms with Crippen molar-refractivity contribution >= 4 is 28.5 Å². The van der Waals surface area contributed by atoms with E-state index in [0.717, 1.165) is 17.8 Å². The Kier molecular flexibility index (Phi) is 4.10. The van der Waals surface area contributed by atoms with Gasteiger partial charge in [0.1, 0.15) is 5.52 Å². The number of allylic oxidation sites excluding steroid dienone is 1. The number of fused-ring (bicyclic) bond motifs is 1. The Balaban J connectivity index is 2.15. The molecule has 0 aliphatic heterocycles. The van der Waals surface area contributed by atoms with Gasteiger partial charge in [-0.25, -0.2) is 4.98 Å². The van der Waals surface area contributed by atoms with Gasteiger partial charge in [-0.3, -0.25) is 10.1 Å². The lowest BCUT2D eigenvalue weighted by Gasteiger charge is -1.91. The van der Waals surface area contributed by atoms with Crippen LogP contribution in [0.3, 0.4) is 0 Å². The van der Waals surface area contributed by atoms with E-state index in [1.54, 1.807) is 6.07 Å². The molecule has 0 N–H and O–H groups in total. The van der Waals surface area contributed by atoms with Gasteiger partial charge in [0.2, 0.25) is 5.58 Å². The van der Waals surface area contributed by atoms with E-state index in [-0.39, 0.29) is 22.9 Å². The molecule has 0 atom stereocenters. The molecular weight excluding hydrogens is 278 g/mol. The molecule has 0 amide bonds. The van der Waals surface area contributed by atoms with E-state index in [4.69, 9.17) is 4.42 Å². The highest BCUT2D eigenvalue weighted by atomic mass is 32.2. The van der Waals surface area contributed by atoms with Crippen molar-refractivity contribution in [2.75, 3.05) is 5.75 Å². The summed E-state index contributed by atoms with van der Waals surface area (Å²) < 4.78 is 28.9. The predicted molar refractivity (Wildman–Crippen MR) is 66.3 cm³/mol. The summed E-state index contributed by atoms with van der Waals surface area (Å²) >= 11 is 1.13. The number of halogens is 2. The van der Waals surface area contributed by atoms with E-state index in [1.165, 1.54) is 12.1 Å². The lowest BCUT2D eigenvalue weighted by atomic mass is 10.3. The Bertz CT molecular complexity index is 638. The van der Waals surface area contributed by atoms with E-state index >= 15 is 0 Å². The summed E-state index contributed by atoms with van der Waals surface area (Å²) in [5.41, 5.74) is 0.317. The molecule has 0 unspecified atom stereocenters. The van der Waals surface area contributed by atoms with Crippen LogP contribution < -0.4 is 0 Å². The maximum Gasteiger partial charge on any atom is 0.313 e. The van der Waals surface area contributed by atoms with Crippen molar-refractivity contribution in [3.63, 3.8) is 0 Å². The third-order valence-electron chi connectivity index (χ3n) is 2.21. The summed E-state index contributed by atoms with van der Waals surface area (Å²) in [6.45, 7) is 0. The second kappa shape index (κ2) is 5.79. The van der Waals surface area contributed by atoms with Crippen molar-refractivity contribution in [1.82, 2.24) is 4.98 Å². The summed E-state index contributed by atoms with van der Waals surface area (Å²) in [7, 11) is 0. The molecule has 0 saturated heterocycles. The minimum absolute atomic E-state index is 0.0993. The number of hydrogen-bond donors (Lipinski definition) is 0. The van der Waals surface area contributed by atoms with Gasteiger partial charge >= 0.3 is 5.69 Å². The molecule has 0 bridgehead atoms. The number of aromatic nitrogens is 1. The highest BCUT2D eigenvalue weighted by molar-refractivity contribution is 7.99. The van der Waals surface area contributed by atoms with E-state index in [1.807, 2.05) is 0 Å². The third kappa shape index (κ3) is 3.28. The maximum absolute atomic E-state index is 11.8. The van der Waals surface area contributed by atoms with Crippen LogP contribution in [0.5, 0.6) is 0 Å². The first kappa shape index (κ1) is 13.5. The minimum atomic E-state index is -1.73. The van der Waals surface area contributed by atoms with Crippen molar-refractivity contribution in [3.05, 3.63) is 40.5 Å². The van der Waals surface area contributed by atoms with Crippen LogP contribution in [0.15, 0.2) is 40.0 Å². The molecule has 8 heteroatoms. The number of benzene rings is 1. The van der Waals surface area contributed by atoms with Crippen molar-refractivity contribution < 1.29 is 18.1 Å². The van der Waals surface area contributed by atoms with Crippen molar-refractivity contribution in [1.29, 1.82) is 0 Å². The Labute approximate surface area is 110 Å². The topological polar surface area (TPSA) is 69.2 Å². The van der Waals surface area contributed by atoms with Crippen molar-refractivity contribution in [2.24, 2.45) is 0 Å². The minimum Gasteiger partial charge on any atom is -0.424 e. The Morgan fingerprint density at radius 2 is 2.32 bits per heavy atom. The average molecular weight is 286 g/mol. The molecule has 19 heavy (non-hydrogen) atoms. The largest absolute Gasteiger partial charge is 0.424 e. The van der Waals surface area contributed by atoms with E-state index in [0.29, 0.717) is 11.3 Å². The number of rotatable bonds is 5. The summed E-state index contributed by atoms with van der Waals surface area (Å²) in [5, 5.41) is 11.0.